The molecule has 0 aromatic heterocycles. The molecule has 0 unspecified atom stereocenters. The largest absolute Gasteiger partial charge is 0.269 e. The lowest BCUT2D eigenvalue weighted by atomic mass is 9.64. The van der Waals surface area contributed by atoms with E-state index in [1.807, 2.05) is 24.3 Å². The molecule has 0 N–H and O–H groups in total. The zero-order valence-electron chi connectivity index (χ0n) is 11.3. The summed E-state index contributed by atoms with van der Waals surface area (Å²) in [5.74, 6) is -0.540. The van der Waals surface area contributed by atoms with Crippen molar-refractivity contribution in [3.05, 3.63) is 74.8 Å². The number of nitrogens with zero attached hydrogens (tertiary/aromatic N) is 1. The third-order valence-corrected chi connectivity index (χ3v) is 4.29. The summed E-state index contributed by atoms with van der Waals surface area (Å²) in [7, 11) is 0. The molecule has 5 rings (SSSR count). The van der Waals surface area contributed by atoms with Gasteiger partial charge >= 0.3 is 0 Å². The fourth-order valence-electron chi connectivity index (χ4n) is 3.48. The SMILES string of the molecule is [2H][C@@]12CC[C@@H](c3ccccc31)c1ccc([N+](=O)[O-])cc12. The summed E-state index contributed by atoms with van der Waals surface area (Å²) in [5.41, 5.74) is 4.23. The first-order valence-corrected chi connectivity index (χ1v) is 6.49. The predicted octanol–water partition coefficient (Wildman–Crippen LogP) is 3.97. The quantitative estimate of drug-likeness (QED) is 0.569. The molecule has 0 spiro atoms. The topological polar surface area (TPSA) is 43.1 Å². The van der Waals surface area contributed by atoms with Crippen molar-refractivity contribution in [2.24, 2.45) is 0 Å². The molecule has 2 atom stereocenters. The third kappa shape index (κ3) is 1.38. The Balaban J connectivity index is 2.02. The van der Waals surface area contributed by atoms with Crippen molar-refractivity contribution >= 4 is 5.69 Å². The smallest absolute Gasteiger partial charge is 0.258 e. The molecule has 3 heteroatoms. The molecule has 3 aliphatic carbocycles. The summed E-state index contributed by atoms with van der Waals surface area (Å²) in [5, 5.41) is 11.0. The summed E-state index contributed by atoms with van der Waals surface area (Å²) >= 11 is 0. The second kappa shape index (κ2) is 3.67. The maximum atomic E-state index is 11.0. The van der Waals surface area contributed by atoms with Gasteiger partial charge in [0, 0.05) is 25.3 Å². The molecule has 0 aliphatic heterocycles. The molecule has 19 heavy (non-hydrogen) atoms. The number of rotatable bonds is 1. The van der Waals surface area contributed by atoms with Gasteiger partial charge in [-0.25, -0.2) is 0 Å². The Kier molecular flexibility index (Phi) is 1.88. The van der Waals surface area contributed by atoms with Gasteiger partial charge in [-0.05, 0) is 35.1 Å². The zero-order valence-corrected chi connectivity index (χ0v) is 10.3. The molecular weight excluding hydrogens is 238 g/mol. The van der Waals surface area contributed by atoms with Gasteiger partial charge in [0.15, 0.2) is 0 Å². The van der Waals surface area contributed by atoms with E-state index in [1.165, 1.54) is 5.56 Å². The summed E-state index contributed by atoms with van der Waals surface area (Å²) in [6, 6.07) is 13.1. The van der Waals surface area contributed by atoms with E-state index in [2.05, 4.69) is 6.07 Å². The van der Waals surface area contributed by atoms with Crippen LogP contribution < -0.4 is 0 Å². The molecule has 94 valence electrons. The van der Waals surface area contributed by atoms with Crippen molar-refractivity contribution in [2.75, 3.05) is 0 Å². The van der Waals surface area contributed by atoms with Crippen molar-refractivity contribution in [2.45, 2.75) is 24.7 Å². The fraction of sp³-hybridized carbons (Fsp3) is 0.250. The van der Waals surface area contributed by atoms with Gasteiger partial charge in [-0.1, -0.05) is 30.3 Å². The molecule has 0 fully saturated rings. The van der Waals surface area contributed by atoms with E-state index >= 15 is 0 Å². The van der Waals surface area contributed by atoms with Crippen LogP contribution in [0.3, 0.4) is 0 Å². The van der Waals surface area contributed by atoms with E-state index in [0.717, 1.165) is 29.5 Å². The van der Waals surface area contributed by atoms with Crippen LogP contribution in [0.1, 0.15) is 48.3 Å². The Bertz CT molecular complexity index is 743. The molecule has 0 saturated carbocycles. The standard InChI is InChI=1S/C16H13NO2/c18-17(19)10-5-6-14-13-7-8-15(16(14)9-10)12-4-2-1-3-11(12)13/h1-6,9,13,15H,7-8H2/t13-,15+/m0/s1/i15D. The van der Waals surface area contributed by atoms with Gasteiger partial charge in [-0.3, -0.25) is 10.1 Å². The summed E-state index contributed by atoms with van der Waals surface area (Å²) in [4.78, 5) is 10.6. The molecule has 0 amide bonds. The van der Waals surface area contributed by atoms with Crippen LogP contribution in [0.2, 0.25) is 0 Å². The zero-order chi connectivity index (χ0) is 13.9. The molecule has 3 aliphatic rings. The number of nitro benzene ring substituents is 1. The Morgan fingerprint density at radius 1 is 1.05 bits per heavy atom. The average molecular weight is 252 g/mol. The first kappa shape index (κ1) is 9.73. The van der Waals surface area contributed by atoms with Crippen molar-refractivity contribution in [1.29, 1.82) is 0 Å². The number of hydrogen-bond donors (Lipinski definition) is 0. The molecule has 2 bridgehead atoms. The lowest BCUT2D eigenvalue weighted by Crippen LogP contribution is -2.24. The van der Waals surface area contributed by atoms with Gasteiger partial charge in [0.05, 0.1) is 4.92 Å². The molecule has 0 radical (unpaired) electrons. The summed E-state index contributed by atoms with van der Waals surface area (Å²) in [6.45, 7) is 0. The van der Waals surface area contributed by atoms with Crippen LogP contribution in [0.5, 0.6) is 0 Å². The van der Waals surface area contributed by atoms with E-state index < -0.39 is 5.89 Å². The third-order valence-electron chi connectivity index (χ3n) is 4.29. The number of fused-ring (bicyclic) bond motifs is 1. The lowest BCUT2D eigenvalue weighted by molar-refractivity contribution is -0.385. The number of non-ortho nitro benzene ring substituents is 1. The van der Waals surface area contributed by atoms with Gasteiger partial charge in [0.1, 0.15) is 0 Å². The Hall–Kier alpha value is -2.16. The van der Waals surface area contributed by atoms with Crippen LogP contribution in [0.25, 0.3) is 0 Å². The second-order valence-electron chi connectivity index (χ2n) is 5.19. The maximum absolute atomic E-state index is 11.0. The Morgan fingerprint density at radius 3 is 2.58 bits per heavy atom. The first-order valence-electron chi connectivity index (χ1n) is 6.99. The highest BCUT2D eigenvalue weighted by Crippen LogP contribution is 2.53. The van der Waals surface area contributed by atoms with E-state index in [4.69, 9.17) is 1.37 Å². The molecule has 3 nitrogen and oxygen atoms in total. The van der Waals surface area contributed by atoms with Gasteiger partial charge in [0.2, 0.25) is 0 Å². The van der Waals surface area contributed by atoms with E-state index in [9.17, 15) is 10.1 Å². The summed E-state index contributed by atoms with van der Waals surface area (Å²) < 4.78 is 8.89. The van der Waals surface area contributed by atoms with Crippen molar-refractivity contribution in [3.63, 3.8) is 0 Å². The lowest BCUT2D eigenvalue weighted by Gasteiger charge is -2.40. The highest BCUT2D eigenvalue weighted by molar-refractivity contribution is 5.57. The van der Waals surface area contributed by atoms with Gasteiger partial charge < -0.3 is 0 Å². The van der Waals surface area contributed by atoms with Crippen molar-refractivity contribution in [3.8, 4) is 0 Å². The molecule has 2 aromatic carbocycles. The van der Waals surface area contributed by atoms with Crippen molar-refractivity contribution < 1.29 is 6.29 Å². The van der Waals surface area contributed by atoms with E-state index in [-0.39, 0.29) is 16.5 Å². The molecular formula is C16H13NO2. The van der Waals surface area contributed by atoms with Gasteiger partial charge in [-0.15, -0.1) is 0 Å². The monoisotopic (exact) mass is 252 g/mol. The Labute approximate surface area is 112 Å². The van der Waals surface area contributed by atoms with E-state index in [0.29, 0.717) is 0 Å². The molecule has 0 saturated heterocycles. The fourth-order valence-corrected chi connectivity index (χ4v) is 3.48. The van der Waals surface area contributed by atoms with Crippen molar-refractivity contribution in [1.82, 2.24) is 0 Å². The van der Waals surface area contributed by atoms with Crippen LogP contribution in [-0.4, -0.2) is 4.92 Å². The molecule has 0 heterocycles. The maximum Gasteiger partial charge on any atom is 0.269 e. The average Bonchev–Trinajstić information content (AvgIpc) is 2.47. The minimum atomic E-state index is -0.827. The number of nitro groups is 1. The van der Waals surface area contributed by atoms with Crippen LogP contribution in [0, 0.1) is 10.1 Å². The first-order chi connectivity index (χ1) is 9.61. The molecule has 2 aromatic rings. The van der Waals surface area contributed by atoms with Crippen LogP contribution in [0.15, 0.2) is 42.5 Å². The number of benzene rings is 2. The van der Waals surface area contributed by atoms with Crippen LogP contribution >= 0.6 is 0 Å². The highest BCUT2D eigenvalue weighted by atomic mass is 16.6. The number of hydrogen-bond acceptors (Lipinski definition) is 2. The van der Waals surface area contributed by atoms with Gasteiger partial charge in [-0.2, -0.15) is 0 Å². The minimum absolute atomic E-state index is 0.0837. The van der Waals surface area contributed by atoms with E-state index in [1.54, 1.807) is 12.1 Å². The summed E-state index contributed by atoms with van der Waals surface area (Å²) in [6.07, 6.45) is 1.69. The van der Waals surface area contributed by atoms with Gasteiger partial charge in [0.25, 0.3) is 5.69 Å². The normalized spacial score (nSPS) is 27.4. The van der Waals surface area contributed by atoms with Crippen LogP contribution in [-0.2, 0) is 0 Å². The second-order valence-corrected chi connectivity index (χ2v) is 5.19. The minimum Gasteiger partial charge on any atom is -0.258 e. The Morgan fingerprint density at radius 2 is 1.79 bits per heavy atom. The van der Waals surface area contributed by atoms with Crippen LogP contribution in [0.4, 0.5) is 5.69 Å². The highest BCUT2D eigenvalue weighted by Gasteiger charge is 2.37. The predicted molar refractivity (Wildman–Crippen MR) is 72.5 cm³/mol.